The zero-order valence-electron chi connectivity index (χ0n) is 14.6. The average molecular weight is 358 g/mol. The van der Waals surface area contributed by atoms with Crippen LogP contribution < -0.4 is 14.8 Å². The van der Waals surface area contributed by atoms with Crippen LogP contribution in [-0.4, -0.2) is 24.0 Å². The van der Waals surface area contributed by atoms with Gasteiger partial charge in [-0.3, -0.25) is 14.9 Å². The number of nitro groups is 1. The lowest BCUT2D eigenvalue weighted by atomic mass is 10.2. The minimum absolute atomic E-state index is 0.0289. The van der Waals surface area contributed by atoms with Crippen molar-refractivity contribution in [1.29, 1.82) is 0 Å². The first-order chi connectivity index (χ1) is 12.6. The number of nitro benzene ring substituents is 1. The van der Waals surface area contributed by atoms with Crippen LogP contribution in [0.2, 0.25) is 0 Å². The molecule has 0 unspecified atom stereocenters. The summed E-state index contributed by atoms with van der Waals surface area (Å²) >= 11 is 0. The van der Waals surface area contributed by atoms with Crippen LogP contribution in [0.4, 0.5) is 11.4 Å². The number of amides is 1. The van der Waals surface area contributed by atoms with Gasteiger partial charge in [0, 0.05) is 17.8 Å². The number of nitrogens with zero attached hydrogens (tertiary/aromatic N) is 1. The Morgan fingerprint density at radius 3 is 2.23 bits per heavy atom. The van der Waals surface area contributed by atoms with Gasteiger partial charge in [0.2, 0.25) is 0 Å². The van der Waals surface area contributed by atoms with Crippen molar-refractivity contribution in [2.45, 2.75) is 26.2 Å². The Morgan fingerprint density at radius 1 is 1.00 bits per heavy atom. The quantitative estimate of drug-likeness (QED) is 0.391. The maximum Gasteiger partial charge on any atom is 0.269 e. The third-order valence-electron chi connectivity index (χ3n) is 3.57. The summed E-state index contributed by atoms with van der Waals surface area (Å²) in [5.74, 6) is 0.836. The van der Waals surface area contributed by atoms with Crippen LogP contribution in [0, 0.1) is 10.1 Å². The molecule has 0 atom stereocenters. The molecule has 0 saturated carbocycles. The molecule has 0 aliphatic rings. The maximum absolute atomic E-state index is 11.9. The Labute approximate surface area is 152 Å². The normalized spacial score (nSPS) is 10.2. The lowest BCUT2D eigenvalue weighted by Crippen LogP contribution is -2.20. The second kappa shape index (κ2) is 10.0. The summed E-state index contributed by atoms with van der Waals surface area (Å²) < 4.78 is 10.9. The SMILES string of the molecule is CCCCCOc1ccc(NC(=O)COc2ccc([N+](=O)[O-])cc2)cc1. The minimum atomic E-state index is -0.492. The number of hydrogen-bond donors (Lipinski definition) is 1. The first-order valence-corrected chi connectivity index (χ1v) is 8.48. The van der Waals surface area contributed by atoms with Crippen LogP contribution >= 0.6 is 0 Å². The van der Waals surface area contributed by atoms with Gasteiger partial charge in [-0.2, -0.15) is 0 Å². The molecule has 7 heteroatoms. The molecule has 0 aliphatic heterocycles. The number of benzene rings is 2. The predicted molar refractivity (Wildman–Crippen MR) is 98.7 cm³/mol. The van der Waals surface area contributed by atoms with E-state index in [2.05, 4.69) is 12.2 Å². The molecule has 0 aromatic heterocycles. The van der Waals surface area contributed by atoms with E-state index in [4.69, 9.17) is 9.47 Å². The van der Waals surface area contributed by atoms with Crippen molar-refractivity contribution in [3.63, 3.8) is 0 Å². The number of non-ortho nitro benzene ring substituents is 1. The van der Waals surface area contributed by atoms with Gasteiger partial charge in [0.25, 0.3) is 11.6 Å². The van der Waals surface area contributed by atoms with E-state index in [1.165, 1.54) is 24.3 Å². The standard InChI is InChI=1S/C19H22N2O5/c1-2-3-4-13-25-17-9-5-15(6-10-17)20-19(22)14-26-18-11-7-16(8-12-18)21(23)24/h5-12H,2-4,13-14H2,1H3,(H,20,22). The van der Waals surface area contributed by atoms with Gasteiger partial charge in [-0.05, 0) is 42.8 Å². The fraction of sp³-hybridized carbons (Fsp3) is 0.316. The third kappa shape index (κ3) is 6.43. The Hall–Kier alpha value is -3.09. The largest absolute Gasteiger partial charge is 0.494 e. The maximum atomic E-state index is 11.9. The van der Waals surface area contributed by atoms with Crippen molar-refractivity contribution in [2.75, 3.05) is 18.5 Å². The number of hydrogen-bond acceptors (Lipinski definition) is 5. The van der Waals surface area contributed by atoms with Crippen molar-refractivity contribution in [3.8, 4) is 11.5 Å². The van der Waals surface area contributed by atoms with Crippen LogP contribution in [-0.2, 0) is 4.79 Å². The molecule has 0 radical (unpaired) electrons. The molecule has 2 rings (SSSR count). The van der Waals surface area contributed by atoms with Crippen LogP contribution in [0.3, 0.4) is 0 Å². The van der Waals surface area contributed by atoms with Crippen molar-refractivity contribution in [3.05, 3.63) is 58.6 Å². The molecule has 0 spiro atoms. The van der Waals surface area contributed by atoms with Crippen molar-refractivity contribution >= 4 is 17.3 Å². The Morgan fingerprint density at radius 2 is 1.62 bits per heavy atom. The van der Waals surface area contributed by atoms with Gasteiger partial charge in [0.1, 0.15) is 11.5 Å². The van der Waals surface area contributed by atoms with E-state index >= 15 is 0 Å². The number of rotatable bonds is 10. The van der Waals surface area contributed by atoms with Gasteiger partial charge in [0.05, 0.1) is 11.5 Å². The van der Waals surface area contributed by atoms with E-state index in [9.17, 15) is 14.9 Å². The average Bonchev–Trinajstić information content (AvgIpc) is 2.65. The van der Waals surface area contributed by atoms with Gasteiger partial charge in [-0.1, -0.05) is 19.8 Å². The Bertz CT molecular complexity index is 714. The highest BCUT2D eigenvalue weighted by Crippen LogP contribution is 2.18. The van der Waals surface area contributed by atoms with Crippen LogP contribution in [0.1, 0.15) is 26.2 Å². The summed E-state index contributed by atoms with van der Waals surface area (Å²) in [4.78, 5) is 22.0. The second-order valence-electron chi connectivity index (χ2n) is 5.67. The number of unbranched alkanes of at least 4 members (excludes halogenated alkanes) is 2. The number of carbonyl (C=O) groups is 1. The number of nitrogens with one attached hydrogen (secondary N) is 1. The summed E-state index contributed by atoms with van der Waals surface area (Å²) in [5.41, 5.74) is 0.613. The van der Waals surface area contributed by atoms with Gasteiger partial charge in [-0.15, -0.1) is 0 Å². The van der Waals surface area contributed by atoms with Crippen molar-refractivity contribution in [2.24, 2.45) is 0 Å². The molecule has 2 aromatic carbocycles. The zero-order chi connectivity index (χ0) is 18.8. The molecular weight excluding hydrogens is 336 g/mol. The van der Waals surface area contributed by atoms with E-state index in [-0.39, 0.29) is 18.2 Å². The molecule has 138 valence electrons. The first-order valence-electron chi connectivity index (χ1n) is 8.48. The summed E-state index contributed by atoms with van der Waals surface area (Å²) in [7, 11) is 0. The van der Waals surface area contributed by atoms with Crippen LogP contribution in [0.15, 0.2) is 48.5 Å². The summed E-state index contributed by atoms with van der Waals surface area (Å²) in [6, 6.07) is 12.7. The van der Waals surface area contributed by atoms with Crippen molar-refractivity contribution in [1.82, 2.24) is 0 Å². The minimum Gasteiger partial charge on any atom is -0.494 e. The van der Waals surface area contributed by atoms with E-state index in [0.29, 0.717) is 18.0 Å². The fourth-order valence-electron chi connectivity index (χ4n) is 2.19. The fourth-order valence-corrected chi connectivity index (χ4v) is 2.19. The Balaban J connectivity index is 1.75. The lowest BCUT2D eigenvalue weighted by Gasteiger charge is -2.09. The molecule has 1 amide bonds. The summed E-state index contributed by atoms with van der Waals surface area (Å²) in [6.45, 7) is 2.64. The lowest BCUT2D eigenvalue weighted by molar-refractivity contribution is -0.384. The predicted octanol–water partition coefficient (Wildman–Crippen LogP) is 4.18. The summed E-state index contributed by atoms with van der Waals surface area (Å²) in [5, 5.41) is 13.3. The Kier molecular flexibility index (Phi) is 7.42. The van der Waals surface area contributed by atoms with Gasteiger partial charge >= 0.3 is 0 Å². The monoisotopic (exact) mass is 358 g/mol. The molecule has 0 fully saturated rings. The number of carbonyl (C=O) groups excluding carboxylic acids is 1. The summed E-state index contributed by atoms with van der Waals surface area (Å²) in [6.07, 6.45) is 3.31. The topological polar surface area (TPSA) is 90.7 Å². The van der Waals surface area contributed by atoms with E-state index in [1.54, 1.807) is 24.3 Å². The van der Waals surface area contributed by atoms with E-state index < -0.39 is 4.92 Å². The molecule has 2 aromatic rings. The molecular formula is C19H22N2O5. The van der Waals surface area contributed by atoms with Gasteiger partial charge < -0.3 is 14.8 Å². The second-order valence-corrected chi connectivity index (χ2v) is 5.67. The molecule has 0 aliphatic carbocycles. The highest BCUT2D eigenvalue weighted by Gasteiger charge is 2.07. The van der Waals surface area contributed by atoms with Gasteiger partial charge in [0.15, 0.2) is 6.61 Å². The van der Waals surface area contributed by atoms with Gasteiger partial charge in [-0.25, -0.2) is 0 Å². The number of ether oxygens (including phenoxy) is 2. The highest BCUT2D eigenvalue weighted by molar-refractivity contribution is 5.91. The first kappa shape index (κ1) is 19.2. The third-order valence-corrected chi connectivity index (χ3v) is 3.57. The van der Waals surface area contributed by atoms with E-state index in [0.717, 1.165) is 25.0 Å². The molecule has 7 nitrogen and oxygen atoms in total. The highest BCUT2D eigenvalue weighted by atomic mass is 16.6. The van der Waals surface area contributed by atoms with Crippen molar-refractivity contribution < 1.29 is 19.2 Å². The molecule has 0 bridgehead atoms. The van der Waals surface area contributed by atoms with Crippen LogP contribution in [0.5, 0.6) is 11.5 Å². The molecule has 0 heterocycles. The molecule has 0 saturated heterocycles. The van der Waals surface area contributed by atoms with Crippen LogP contribution in [0.25, 0.3) is 0 Å². The zero-order valence-corrected chi connectivity index (χ0v) is 14.6. The van der Waals surface area contributed by atoms with E-state index in [1.807, 2.05) is 0 Å². The molecule has 26 heavy (non-hydrogen) atoms. The molecule has 1 N–H and O–H groups in total. The smallest absolute Gasteiger partial charge is 0.269 e. The number of anilines is 1.